The summed E-state index contributed by atoms with van der Waals surface area (Å²) in [6.07, 6.45) is 7.44. The van der Waals surface area contributed by atoms with E-state index in [0.29, 0.717) is 29.4 Å². The molecule has 4 rings (SSSR count). The largest absolute Gasteiger partial charge is 0.477 e. The molecule has 1 amide bonds. The lowest BCUT2D eigenvalue weighted by Gasteiger charge is -2.24. The van der Waals surface area contributed by atoms with E-state index in [1.54, 1.807) is 36.6 Å². The minimum Gasteiger partial charge on any atom is -0.477 e. The maximum absolute atomic E-state index is 13.3. The third-order valence-electron chi connectivity index (χ3n) is 5.71. The van der Waals surface area contributed by atoms with E-state index < -0.39 is 5.41 Å². The Labute approximate surface area is 204 Å². The molecule has 0 radical (unpaired) electrons. The summed E-state index contributed by atoms with van der Waals surface area (Å²) >= 11 is 1.64. The van der Waals surface area contributed by atoms with Crippen molar-refractivity contribution in [2.75, 3.05) is 16.6 Å². The monoisotopic (exact) mass is 478 g/mol. The molecule has 0 unspecified atom stereocenters. The van der Waals surface area contributed by atoms with Crippen LogP contribution < -0.4 is 14.8 Å². The number of ether oxygens (including phenoxy) is 1. The molecule has 34 heavy (non-hydrogen) atoms. The van der Waals surface area contributed by atoms with Crippen LogP contribution in [0.1, 0.15) is 50.4 Å². The van der Waals surface area contributed by atoms with Gasteiger partial charge in [0.05, 0.1) is 35.8 Å². The molecule has 8 nitrogen and oxygen atoms in total. The lowest BCUT2D eigenvalue weighted by Crippen LogP contribution is -2.36. The highest BCUT2D eigenvalue weighted by Crippen LogP contribution is 2.34. The first-order valence-corrected chi connectivity index (χ1v) is 12.3. The number of amides is 1. The molecule has 1 aliphatic carbocycles. The molecular weight excluding hydrogens is 448 g/mol. The predicted molar refractivity (Wildman–Crippen MR) is 136 cm³/mol. The van der Waals surface area contributed by atoms with Crippen LogP contribution in [-0.2, 0) is 10.2 Å². The number of rotatable bonds is 9. The van der Waals surface area contributed by atoms with E-state index in [4.69, 9.17) is 4.74 Å². The maximum atomic E-state index is 13.3. The van der Waals surface area contributed by atoms with Crippen LogP contribution in [0.3, 0.4) is 0 Å². The Hall–Kier alpha value is -3.20. The van der Waals surface area contributed by atoms with Crippen molar-refractivity contribution < 1.29 is 9.53 Å². The molecule has 1 aromatic carbocycles. The maximum Gasteiger partial charge on any atom is 0.236 e. The molecule has 1 fully saturated rings. The fourth-order valence-electron chi connectivity index (χ4n) is 3.39. The molecule has 2 heterocycles. The lowest BCUT2D eigenvalue weighted by atomic mass is 9.87. The summed E-state index contributed by atoms with van der Waals surface area (Å²) in [6, 6.07) is 5.77. The number of hydrogen-bond donors (Lipinski definition) is 2. The number of aryl methyl sites for hydroxylation is 2. The van der Waals surface area contributed by atoms with Crippen LogP contribution in [0, 0.1) is 13.8 Å². The quantitative estimate of drug-likeness (QED) is 0.410. The fraction of sp³-hybridized carbons (Fsp3) is 0.400. The number of nitrogens with one attached hydrogen (secondary N) is 2. The molecule has 0 aliphatic heterocycles. The minimum absolute atomic E-state index is 0.139. The summed E-state index contributed by atoms with van der Waals surface area (Å²) in [5, 5.41) is 3.72. The highest BCUT2D eigenvalue weighted by molar-refractivity contribution is 8.01. The van der Waals surface area contributed by atoms with Crippen molar-refractivity contribution in [1.29, 1.82) is 0 Å². The van der Waals surface area contributed by atoms with Gasteiger partial charge in [-0.1, -0.05) is 0 Å². The zero-order chi connectivity index (χ0) is 24.3. The van der Waals surface area contributed by atoms with E-state index >= 15 is 0 Å². The van der Waals surface area contributed by atoms with E-state index in [1.807, 2.05) is 46.8 Å². The van der Waals surface area contributed by atoms with E-state index in [1.165, 1.54) is 12.8 Å². The number of nitrogens with zero attached hydrogens (tertiary/aromatic N) is 4. The van der Waals surface area contributed by atoms with E-state index in [-0.39, 0.29) is 5.91 Å². The molecule has 178 valence electrons. The SMILES string of the molecule is CCOc1cncc(-c2cc(C)c(NC(=O)C(C)(C)c3ccnc(NSC4CC4)n3)cc2C)n1. The van der Waals surface area contributed by atoms with Gasteiger partial charge < -0.3 is 10.1 Å². The van der Waals surface area contributed by atoms with Crippen molar-refractivity contribution in [3.05, 3.63) is 53.6 Å². The Morgan fingerprint density at radius 3 is 2.71 bits per heavy atom. The highest BCUT2D eigenvalue weighted by atomic mass is 32.2. The smallest absolute Gasteiger partial charge is 0.236 e. The van der Waals surface area contributed by atoms with Crippen LogP contribution in [0.4, 0.5) is 11.6 Å². The number of hydrogen-bond acceptors (Lipinski definition) is 8. The molecule has 2 aromatic heterocycles. The van der Waals surface area contributed by atoms with Gasteiger partial charge in [0.1, 0.15) is 0 Å². The average Bonchev–Trinajstić information content (AvgIpc) is 3.65. The average molecular weight is 479 g/mol. The predicted octanol–water partition coefficient (Wildman–Crippen LogP) is 5.09. The molecule has 0 bridgehead atoms. The molecule has 9 heteroatoms. The molecule has 1 aliphatic rings. The van der Waals surface area contributed by atoms with Crippen LogP contribution >= 0.6 is 11.9 Å². The number of carbonyl (C=O) groups is 1. The second-order valence-corrected chi connectivity index (χ2v) is 10.0. The van der Waals surface area contributed by atoms with Gasteiger partial charge in [-0.3, -0.25) is 14.5 Å². The second-order valence-electron chi connectivity index (χ2n) is 8.92. The summed E-state index contributed by atoms with van der Waals surface area (Å²) in [7, 11) is 0. The summed E-state index contributed by atoms with van der Waals surface area (Å²) < 4.78 is 8.69. The van der Waals surface area contributed by atoms with Crippen molar-refractivity contribution in [3.8, 4) is 17.1 Å². The first-order chi connectivity index (χ1) is 16.3. The number of benzene rings is 1. The summed E-state index contributed by atoms with van der Waals surface area (Å²) in [5.41, 5.74) is 4.16. The van der Waals surface area contributed by atoms with Gasteiger partial charge >= 0.3 is 0 Å². The Morgan fingerprint density at radius 1 is 1.18 bits per heavy atom. The van der Waals surface area contributed by atoms with Crippen LogP contribution in [0.15, 0.2) is 36.8 Å². The molecular formula is C25H30N6O2S. The van der Waals surface area contributed by atoms with Crippen molar-refractivity contribution in [2.45, 2.75) is 58.1 Å². The molecule has 0 spiro atoms. The van der Waals surface area contributed by atoms with Gasteiger partial charge in [0.2, 0.25) is 17.7 Å². The molecule has 0 atom stereocenters. The third-order valence-corrected chi connectivity index (χ3v) is 6.81. The zero-order valence-corrected chi connectivity index (χ0v) is 21.0. The Balaban J connectivity index is 1.52. The standard InChI is InChI=1S/C25H30N6O2S/c1-6-33-22-14-26-13-20(28-22)18-11-16(3)19(12-15(18)2)29-23(32)25(4,5)21-9-10-27-24(30-21)31-34-17-7-8-17/h9-14,17H,6-8H2,1-5H3,(H,29,32)(H,27,30,31). The molecule has 1 saturated carbocycles. The Kier molecular flexibility index (Phi) is 7.02. The number of carbonyl (C=O) groups excluding carboxylic acids is 1. The van der Waals surface area contributed by atoms with Crippen molar-refractivity contribution in [2.24, 2.45) is 0 Å². The lowest BCUT2D eigenvalue weighted by molar-refractivity contribution is -0.120. The third kappa shape index (κ3) is 5.47. The minimum atomic E-state index is -0.847. The van der Waals surface area contributed by atoms with E-state index in [0.717, 1.165) is 28.1 Å². The first-order valence-electron chi connectivity index (χ1n) is 11.4. The van der Waals surface area contributed by atoms with Gasteiger partial charge in [-0.15, -0.1) is 0 Å². The van der Waals surface area contributed by atoms with Crippen molar-refractivity contribution >= 4 is 29.5 Å². The Bertz CT molecular complexity index is 1200. The first kappa shape index (κ1) is 23.9. The number of aromatic nitrogens is 4. The van der Waals surface area contributed by atoms with Gasteiger partial charge in [-0.05, 0) is 88.7 Å². The van der Waals surface area contributed by atoms with Crippen molar-refractivity contribution in [1.82, 2.24) is 19.9 Å². The summed E-state index contributed by atoms with van der Waals surface area (Å²) in [6.45, 7) is 10.1. The van der Waals surface area contributed by atoms with E-state index in [9.17, 15) is 4.79 Å². The van der Waals surface area contributed by atoms with Gasteiger partial charge in [0, 0.05) is 22.7 Å². The van der Waals surface area contributed by atoms with Crippen LogP contribution in [0.2, 0.25) is 0 Å². The zero-order valence-electron chi connectivity index (χ0n) is 20.2. The van der Waals surface area contributed by atoms with Crippen LogP contribution in [-0.4, -0.2) is 37.7 Å². The second kappa shape index (κ2) is 9.97. The molecule has 2 N–H and O–H groups in total. The van der Waals surface area contributed by atoms with Crippen LogP contribution in [0.25, 0.3) is 11.3 Å². The van der Waals surface area contributed by atoms with Crippen molar-refractivity contribution in [3.63, 3.8) is 0 Å². The van der Waals surface area contributed by atoms with Gasteiger partial charge in [0.25, 0.3) is 0 Å². The van der Waals surface area contributed by atoms with Gasteiger partial charge in [-0.2, -0.15) is 0 Å². The molecule has 3 aromatic rings. The fourth-order valence-corrected chi connectivity index (χ4v) is 4.14. The topological polar surface area (TPSA) is 102 Å². The number of anilines is 2. The summed E-state index contributed by atoms with van der Waals surface area (Å²) in [4.78, 5) is 31.0. The molecule has 0 saturated heterocycles. The highest BCUT2D eigenvalue weighted by Gasteiger charge is 2.32. The van der Waals surface area contributed by atoms with Gasteiger partial charge in [-0.25, -0.2) is 15.0 Å². The van der Waals surface area contributed by atoms with E-state index in [2.05, 4.69) is 30.0 Å². The Morgan fingerprint density at radius 2 is 1.97 bits per heavy atom. The summed E-state index contributed by atoms with van der Waals surface area (Å²) in [5.74, 6) is 0.882. The normalized spacial score (nSPS) is 13.4. The van der Waals surface area contributed by atoms with Gasteiger partial charge in [0.15, 0.2) is 0 Å². The van der Waals surface area contributed by atoms with Crippen LogP contribution in [0.5, 0.6) is 5.88 Å².